The molecule has 2 rings (SSSR count). The van der Waals surface area contributed by atoms with E-state index < -0.39 is 26.1 Å². The smallest absolute Gasteiger partial charge is 0.353 e. The van der Waals surface area contributed by atoms with Gasteiger partial charge in [0.1, 0.15) is 6.23 Å². The fourth-order valence-electron chi connectivity index (χ4n) is 1.78. The third-order valence-corrected chi connectivity index (χ3v) is 3.30. The average molecular weight is 272 g/mol. The topological polar surface area (TPSA) is 53.3 Å². The molecule has 0 saturated carbocycles. The van der Waals surface area contributed by atoms with Gasteiger partial charge >= 0.3 is 5.69 Å². The third kappa shape index (κ3) is 2.97. The molecule has 100 valence electrons. The summed E-state index contributed by atoms with van der Waals surface area (Å²) in [6, 6.07) is 0. The first-order valence-corrected chi connectivity index (χ1v) is 9.37. The van der Waals surface area contributed by atoms with Crippen LogP contribution in [-0.4, -0.2) is 24.5 Å². The Hall–Kier alpha value is -1.21. The van der Waals surface area contributed by atoms with Crippen molar-refractivity contribution in [2.24, 2.45) is 0 Å². The van der Waals surface area contributed by atoms with E-state index in [1.54, 1.807) is 0 Å². The van der Waals surface area contributed by atoms with Crippen molar-refractivity contribution in [3.05, 3.63) is 22.5 Å². The molecule has 0 spiro atoms. The van der Waals surface area contributed by atoms with Crippen LogP contribution in [0.1, 0.15) is 19.1 Å². The minimum absolute atomic E-state index is 0.201. The van der Waals surface area contributed by atoms with E-state index >= 15 is 0 Å². The van der Waals surface area contributed by atoms with Crippen molar-refractivity contribution < 1.29 is 13.6 Å². The molecule has 7 heteroatoms. The first-order valence-electron chi connectivity index (χ1n) is 5.96. The van der Waals surface area contributed by atoms with Gasteiger partial charge in [-0.3, -0.25) is 4.57 Å². The number of aromatic nitrogens is 2. The molecular weight excluding hydrogens is 255 g/mol. The maximum absolute atomic E-state index is 13.8. The molecule has 5 nitrogen and oxygen atoms in total. The van der Waals surface area contributed by atoms with Crippen LogP contribution >= 0.6 is 0 Å². The molecule has 0 amide bonds. The molecule has 18 heavy (non-hydrogen) atoms. The minimum Gasteiger partial charge on any atom is -0.529 e. The monoisotopic (exact) mass is 272 g/mol. The molecule has 1 aliphatic rings. The van der Waals surface area contributed by atoms with Crippen molar-refractivity contribution >= 4 is 8.32 Å². The zero-order valence-corrected chi connectivity index (χ0v) is 11.8. The first kappa shape index (κ1) is 13.2. The minimum atomic E-state index is -1.98. The molecule has 1 fully saturated rings. The second-order valence-electron chi connectivity index (χ2n) is 5.27. The summed E-state index contributed by atoms with van der Waals surface area (Å²) in [7, 11) is -1.98. The SMILES string of the molecule is C[Si](C)(C)Oc1nc(=O)n([C@@H]2CCCO2)cc1F. The van der Waals surface area contributed by atoms with Gasteiger partial charge in [-0.2, -0.15) is 9.37 Å². The maximum Gasteiger partial charge on any atom is 0.353 e. The van der Waals surface area contributed by atoms with E-state index in [1.165, 1.54) is 4.57 Å². The van der Waals surface area contributed by atoms with Gasteiger partial charge in [-0.25, -0.2) is 4.79 Å². The van der Waals surface area contributed by atoms with Crippen molar-refractivity contribution in [1.82, 2.24) is 9.55 Å². The molecule has 0 aliphatic carbocycles. The highest BCUT2D eigenvalue weighted by atomic mass is 28.4. The number of nitrogens with zero attached hydrogens (tertiary/aromatic N) is 2. The number of rotatable bonds is 3. The zero-order chi connectivity index (χ0) is 13.3. The molecule has 1 aliphatic heterocycles. The van der Waals surface area contributed by atoms with Crippen LogP contribution in [0.3, 0.4) is 0 Å². The van der Waals surface area contributed by atoms with E-state index in [9.17, 15) is 9.18 Å². The van der Waals surface area contributed by atoms with Crippen LogP contribution in [0.15, 0.2) is 11.0 Å². The molecule has 1 atom stereocenters. The van der Waals surface area contributed by atoms with Gasteiger partial charge in [-0.05, 0) is 32.5 Å². The maximum atomic E-state index is 13.8. The van der Waals surface area contributed by atoms with Gasteiger partial charge in [0.2, 0.25) is 14.2 Å². The first-order chi connectivity index (χ1) is 8.37. The highest BCUT2D eigenvalue weighted by molar-refractivity contribution is 6.70. The molecule has 0 aromatic carbocycles. The number of ether oxygens (including phenoxy) is 1. The Bertz CT molecular complexity index is 492. The fraction of sp³-hybridized carbons (Fsp3) is 0.636. The molecule has 0 N–H and O–H groups in total. The Morgan fingerprint density at radius 1 is 1.56 bits per heavy atom. The van der Waals surface area contributed by atoms with E-state index in [-0.39, 0.29) is 5.88 Å². The van der Waals surface area contributed by atoms with Crippen LogP contribution in [-0.2, 0) is 4.74 Å². The lowest BCUT2D eigenvalue weighted by Crippen LogP contribution is -2.33. The Morgan fingerprint density at radius 3 is 2.83 bits per heavy atom. The van der Waals surface area contributed by atoms with Gasteiger partial charge in [0.05, 0.1) is 6.20 Å². The summed E-state index contributed by atoms with van der Waals surface area (Å²) >= 11 is 0. The summed E-state index contributed by atoms with van der Waals surface area (Å²) in [5.74, 6) is -0.819. The molecular formula is C11H17FN2O3Si. The normalized spacial score (nSPS) is 20.1. The largest absolute Gasteiger partial charge is 0.529 e. The lowest BCUT2D eigenvalue weighted by molar-refractivity contribution is 0.0516. The summed E-state index contributed by atoms with van der Waals surface area (Å²) in [4.78, 5) is 15.5. The van der Waals surface area contributed by atoms with E-state index in [0.717, 1.165) is 12.6 Å². The highest BCUT2D eigenvalue weighted by Gasteiger charge is 2.24. The lowest BCUT2D eigenvalue weighted by atomic mass is 10.3. The predicted octanol–water partition coefficient (Wildman–Crippen LogP) is 1.91. The second-order valence-corrected chi connectivity index (χ2v) is 9.69. The quantitative estimate of drug-likeness (QED) is 0.789. The van der Waals surface area contributed by atoms with Crippen molar-refractivity contribution in [2.45, 2.75) is 38.7 Å². The van der Waals surface area contributed by atoms with Crippen LogP contribution in [0.5, 0.6) is 5.88 Å². The summed E-state index contributed by atoms with van der Waals surface area (Å²) in [6.45, 7) is 6.30. The predicted molar refractivity (Wildman–Crippen MR) is 66.7 cm³/mol. The standard InChI is InChI=1S/C11H17FN2O3Si/c1-18(2,3)17-10-8(12)7-14(11(15)13-10)9-5-4-6-16-9/h7,9H,4-6H2,1-3H3/t9-/m0/s1. The van der Waals surface area contributed by atoms with E-state index in [1.807, 2.05) is 19.6 Å². The van der Waals surface area contributed by atoms with Crippen LogP contribution in [0, 0.1) is 5.82 Å². The molecule has 0 radical (unpaired) electrons. The average Bonchev–Trinajstić information content (AvgIpc) is 2.74. The zero-order valence-electron chi connectivity index (χ0n) is 10.8. The summed E-state index contributed by atoms with van der Waals surface area (Å²) < 4.78 is 25.8. The van der Waals surface area contributed by atoms with Gasteiger partial charge in [-0.1, -0.05) is 0 Å². The van der Waals surface area contributed by atoms with Crippen LogP contribution in [0.4, 0.5) is 4.39 Å². The van der Waals surface area contributed by atoms with E-state index in [2.05, 4.69) is 4.98 Å². The molecule has 1 saturated heterocycles. The van der Waals surface area contributed by atoms with Gasteiger partial charge in [-0.15, -0.1) is 0 Å². The molecule has 1 aromatic heterocycles. The van der Waals surface area contributed by atoms with Crippen LogP contribution < -0.4 is 10.1 Å². The molecule has 1 aromatic rings. The summed E-state index contributed by atoms with van der Waals surface area (Å²) in [6.07, 6.45) is 2.29. The van der Waals surface area contributed by atoms with Crippen LogP contribution in [0.25, 0.3) is 0 Å². The summed E-state index contributed by atoms with van der Waals surface area (Å²) in [5, 5.41) is 0. The van der Waals surface area contributed by atoms with Gasteiger partial charge in [0, 0.05) is 6.61 Å². The highest BCUT2D eigenvalue weighted by Crippen LogP contribution is 2.23. The van der Waals surface area contributed by atoms with E-state index in [4.69, 9.17) is 9.16 Å². The van der Waals surface area contributed by atoms with Crippen molar-refractivity contribution in [1.29, 1.82) is 0 Å². The van der Waals surface area contributed by atoms with Gasteiger partial charge in [0.15, 0.2) is 5.82 Å². The molecule has 0 bridgehead atoms. The van der Waals surface area contributed by atoms with Crippen molar-refractivity contribution in [3.63, 3.8) is 0 Å². The fourth-order valence-corrected chi connectivity index (χ4v) is 2.50. The van der Waals surface area contributed by atoms with Crippen molar-refractivity contribution in [2.75, 3.05) is 6.61 Å². The Balaban J connectivity index is 2.31. The number of halogens is 1. The van der Waals surface area contributed by atoms with Crippen molar-refractivity contribution in [3.8, 4) is 5.88 Å². The third-order valence-electron chi connectivity index (χ3n) is 2.49. The molecule has 2 heterocycles. The van der Waals surface area contributed by atoms with Gasteiger partial charge < -0.3 is 9.16 Å². The Kier molecular flexibility index (Phi) is 3.53. The Labute approximate surface area is 106 Å². The molecule has 0 unspecified atom stereocenters. The number of hydrogen-bond acceptors (Lipinski definition) is 4. The van der Waals surface area contributed by atoms with E-state index in [0.29, 0.717) is 13.0 Å². The van der Waals surface area contributed by atoms with Gasteiger partial charge in [0.25, 0.3) is 0 Å². The van der Waals surface area contributed by atoms with Crippen LogP contribution in [0.2, 0.25) is 19.6 Å². The second kappa shape index (κ2) is 4.81. The summed E-state index contributed by atoms with van der Waals surface area (Å²) in [5.41, 5.74) is -0.531. The number of hydrogen-bond donors (Lipinski definition) is 0. The lowest BCUT2D eigenvalue weighted by Gasteiger charge is -2.19. The Morgan fingerprint density at radius 2 is 2.28 bits per heavy atom.